The SMILES string of the molecule is c1ccc(N(c2ccc3c(c2)oc2ccccc23)c2cccc3ccc4c5ccccc5oc4c23)cc1. The van der Waals surface area contributed by atoms with E-state index < -0.39 is 0 Å². The van der Waals surface area contributed by atoms with E-state index in [9.17, 15) is 0 Å². The summed E-state index contributed by atoms with van der Waals surface area (Å²) in [4.78, 5) is 2.29. The molecule has 2 aromatic heterocycles. The molecule has 0 radical (unpaired) electrons. The third kappa shape index (κ3) is 3.01. The van der Waals surface area contributed by atoms with E-state index in [-0.39, 0.29) is 0 Å². The number of fused-ring (bicyclic) bond motifs is 8. The van der Waals surface area contributed by atoms with E-state index in [0.717, 1.165) is 71.7 Å². The van der Waals surface area contributed by atoms with Crippen molar-refractivity contribution in [2.24, 2.45) is 0 Å². The minimum atomic E-state index is 0.869. The predicted molar refractivity (Wildman–Crippen MR) is 153 cm³/mol. The lowest BCUT2D eigenvalue weighted by Crippen LogP contribution is -2.10. The molecular weight excluding hydrogens is 454 g/mol. The third-order valence-electron chi connectivity index (χ3n) is 7.24. The molecule has 2 heterocycles. The van der Waals surface area contributed by atoms with Crippen LogP contribution in [-0.4, -0.2) is 0 Å². The number of hydrogen-bond acceptors (Lipinski definition) is 3. The van der Waals surface area contributed by atoms with Crippen LogP contribution in [0.25, 0.3) is 54.6 Å². The second-order valence-electron chi connectivity index (χ2n) is 9.37. The van der Waals surface area contributed by atoms with Gasteiger partial charge >= 0.3 is 0 Å². The molecule has 0 spiro atoms. The van der Waals surface area contributed by atoms with Crippen molar-refractivity contribution >= 4 is 71.7 Å². The molecule has 8 rings (SSSR count). The first-order valence-electron chi connectivity index (χ1n) is 12.4. The van der Waals surface area contributed by atoms with Crippen molar-refractivity contribution in [1.82, 2.24) is 0 Å². The summed E-state index contributed by atoms with van der Waals surface area (Å²) in [5.74, 6) is 0. The Bertz CT molecular complexity index is 2100. The van der Waals surface area contributed by atoms with Gasteiger partial charge < -0.3 is 13.7 Å². The van der Waals surface area contributed by atoms with Crippen LogP contribution in [0.1, 0.15) is 0 Å². The number of furan rings is 2. The Hall–Kier alpha value is -5.02. The summed E-state index contributed by atoms with van der Waals surface area (Å²) in [6, 6.07) is 44.2. The van der Waals surface area contributed by atoms with Gasteiger partial charge in [-0.15, -0.1) is 0 Å². The maximum atomic E-state index is 6.49. The van der Waals surface area contributed by atoms with Crippen molar-refractivity contribution in [2.45, 2.75) is 0 Å². The molecule has 0 saturated carbocycles. The fourth-order valence-corrected chi connectivity index (χ4v) is 5.58. The highest BCUT2D eigenvalue weighted by Gasteiger charge is 2.20. The van der Waals surface area contributed by atoms with Crippen LogP contribution in [0.3, 0.4) is 0 Å². The molecule has 3 heteroatoms. The van der Waals surface area contributed by atoms with E-state index in [2.05, 4.69) is 102 Å². The number of hydrogen-bond donors (Lipinski definition) is 0. The van der Waals surface area contributed by atoms with E-state index in [0.29, 0.717) is 0 Å². The van der Waals surface area contributed by atoms with Crippen molar-refractivity contribution in [3.8, 4) is 0 Å². The van der Waals surface area contributed by atoms with Gasteiger partial charge in [-0.2, -0.15) is 0 Å². The number of nitrogens with zero attached hydrogens (tertiary/aromatic N) is 1. The maximum Gasteiger partial charge on any atom is 0.145 e. The Morgan fingerprint density at radius 2 is 1.11 bits per heavy atom. The van der Waals surface area contributed by atoms with E-state index in [1.54, 1.807) is 0 Å². The molecule has 0 amide bonds. The number of rotatable bonds is 3. The summed E-state index contributed by atoms with van der Waals surface area (Å²) in [5, 5.41) is 6.72. The molecule has 0 aliphatic carbocycles. The van der Waals surface area contributed by atoms with Gasteiger partial charge in [-0.1, -0.05) is 72.8 Å². The average molecular weight is 476 g/mol. The predicted octanol–water partition coefficient (Wildman–Crippen LogP) is 10.1. The van der Waals surface area contributed by atoms with Crippen LogP contribution in [0.5, 0.6) is 0 Å². The standard InChI is InChI=1S/C34H21NO2/c1-2-10-23(11-3-1)35(24-18-20-27-25-12-4-6-15-30(25)36-32(27)21-24)29-14-8-9-22-17-19-28-26-13-5-7-16-31(26)37-34(28)33(22)29/h1-21H. The molecular formula is C34H21NO2. The molecule has 37 heavy (non-hydrogen) atoms. The molecule has 0 atom stereocenters. The molecule has 6 aromatic carbocycles. The third-order valence-corrected chi connectivity index (χ3v) is 7.24. The Morgan fingerprint density at radius 3 is 1.95 bits per heavy atom. The highest BCUT2D eigenvalue weighted by Crippen LogP contribution is 2.44. The quantitative estimate of drug-likeness (QED) is 0.255. The first-order chi connectivity index (χ1) is 18.3. The fraction of sp³-hybridized carbons (Fsp3) is 0. The average Bonchev–Trinajstić information content (AvgIpc) is 3.52. The summed E-state index contributed by atoms with van der Waals surface area (Å²) in [6.45, 7) is 0. The van der Waals surface area contributed by atoms with Crippen molar-refractivity contribution in [1.29, 1.82) is 0 Å². The van der Waals surface area contributed by atoms with Gasteiger partial charge in [0.1, 0.15) is 22.3 Å². The molecule has 8 aromatic rings. The molecule has 0 aliphatic heterocycles. The summed E-state index contributed by atoms with van der Waals surface area (Å²) in [7, 11) is 0. The molecule has 3 nitrogen and oxygen atoms in total. The topological polar surface area (TPSA) is 29.5 Å². The molecule has 0 unspecified atom stereocenters. The summed E-state index contributed by atoms with van der Waals surface area (Å²) in [6.07, 6.45) is 0. The molecule has 0 aliphatic rings. The molecule has 0 N–H and O–H groups in total. The van der Waals surface area contributed by atoms with Crippen LogP contribution in [0.15, 0.2) is 136 Å². The Labute approximate surface area is 212 Å². The van der Waals surface area contributed by atoms with Gasteiger partial charge in [0, 0.05) is 44.4 Å². The van der Waals surface area contributed by atoms with Crippen LogP contribution >= 0.6 is 0 Å². The second-order valence-corrected chi connectivity index (χ2v) is 9.37. The number of benzene rings is 6. The van der Waals surface area contributed by atoms with Gasteiger partial charge in [-0.3, -0.25) is 0 Å². The van der Waals surface area contributed by atoms with Crippen LogP contribution in [-0.2, 0) is 0 Å². The lowest BCUT2D eigenvalue weighted by Gasteiger charge is -2.26. The first kappa shape index (κ1) is 20.2. The fourth-order valence-electron chi connectivity index (χ4n) is 5.58. The monoisotopic (exact) mass is 475 g/mol. The summed E-state index contributed by atoms with van der Waals surface area (Å²) < 4.78 is 12.8. The van der Waals surface area contributed by atoms with Gasteiger partial charge in [-0.25, -0.2) is 0 Å². The van der Waals surface area contributed by atoms with Crippen molar-refractivity contribution in [2.75, 3.05) is 4.90 Å². The van der Waals surface area contributed by atoms with Crippen LogP contribution in [0.2, 0.25) is 0 Å². The highest BCUT2D eigenvalue weighted by molar-refractivity contribution is 6.19. The largest absolute Gasteiger partial charge is 0.456 e. The molecule has 174 valence electrons. The minimum Gasteiger partial charge on any atom is -0.456 e. The maximum absolute atomic E-state index is 6.49. The van der Waals surface area contributed by atoms with E-state index in [1.165, 1.54) is 0 Å². The normalized spacial score (nSPS) is 11.8. The van der Waals surface area contributed by atoms with Gasteiger partial charge in [-0.05, 0) is 53.9 Å². The lowest BCUT2D eigenvalue weighted by atomic mass is 10.0. The Kier molecular flexibility index (Phi) is 4.23. The first-order valence-corrected chi connectivity index (χ1v) is 12.4. The van der Waals surface area contributed by atoms with Gasteiger partial charge in [0.05, 0.1) is 5.69 Å². The molecule has 0 bridgehead atoms. The second kappa shape index (κ2) is 7.74. The van der Waals surface area contributed by atoms with E-state index >= 15 is 0 Å². The van der Waals surface area contributed by atoms with Crippen molar-refractivity contribution < 1.29 is 8.83 Å². The highest BCUT2D eigenvalue weighted by atomic mass is 16.3. The zero-order valence-corrected chi connectivity index (χ0v) is 19.9. The number of anilines is 3. The molecule has 0 fully saturated rings. The van der Waals surface area contributed by atoms with Crippen molar-refractivity contribution in [3.05, 3.63) is 127 Å². The summed E-state index contributed by atoms with van der Waals surface area (Å²) >= 11 is 0. The molecule has 0 saturated heterocycles. The Morgan fingerprint density at radius 1 is 0.432 bits per heavy atom. The Balaban J connectivity index is 1.45. The minimum absolute atomic E-state index is 0.869. The van der Waals surface area contributed by atoms with E-state index in [1.807, 2.05) is 30.3 Å². The van der Waals surface area contributed by atoms with Crippen LogP contribution in [0, 0.1) is 0 Å². The zero-order chi connectivity index (χ0) is 24.3. The van der Waals surface area contributed by atoms with Gasteiger partial charge in [0.25, 0.3) is 0 Å². The van der Waals surface area contributed by atoms with Gasteiger partial charge in [0.2, 0.25) is 0 Å². The smallest absolute Gasteiger partial charge is 0.145 e. The number of para-hydroxylation sites is 3. The van der Waals surface area contributed by atoms with Crippen LogP contribution < -0.4 is 4.90 Å². The van der Waals surface area contributed by atoms with E-state index in [4.69, 9.17) is 8.83 Å². The van der Waals surface area contributed by atoms with Gasteiger partial charge in [0.15, 0.2) is 0 Å². The summed E-state index contributed by atoms with van der Waals surface area (Å²) in [5.41, 5.74) is 6.72. The van der Waals surface area contributed by atoms with Crippen molar-refractivity contribution in [3.63, 3.8) is 0 Å². The zero-order valence-electron chi connectivity index (χ0n) is 19.9. The lowest BCUT2D eigenvalue weighted by molar-refractivity contribution is 0.669. The van der Waals surface area contributed by atoms with Crippen LogP contribution in [0.4, 0.5) is 17.1 Å².